The van der Waals surface area contributed by atoms with E-state index in [-0.39, 0.29) is 11.3 Å². The predicted molar refractivity (Wildman–Crippen MR) is 85.2 cm³/mol. The molecule has 0 fully saturated rings. The van der Waals surface area contributed by atoms with Gasteiger partial charge in [0.25, 0.3) is 5.91 Å². The smallest absolute Gasteiger partial charge is 0.343 e. The van der Waals surface area contributed by atoms with Crippen molar-refractivity contribution < 1.29 is 18.0 Å². The Kier molecular flexibility index (Phi) is 4.51. The van der Waals surface area contributed by atoms with Gasteiger partial charge in [-0.3, -0.25) is 9.78 Å². The summed E-state index contributed by atoms with van der Waals surface area (Å²) < 4.78 is 38.6. The number of hydrogen-bond donors (Lipinski definition) is 1. The minimum absolute atomic E-state index is 0.0427. The highest BCUT2D eigenvalue weighted by Crippen LogP contribution is 2.23. The van der Waals surface area contributed by atoms with Gasteiger partial charge in [-0.15, -0.1) is 0 Å². The second-order valence-electron chi connectivity index (χ2n) is 5.21. The molecular formula is C17H13F3N4O. The number of benzene rings is 1. The molecule has 1 amide bonds. The van der Waals surface area contributed by atoms with E-state index in [9.17, 15) is 18.0 Å². The largest absolute Gasteiger partial charge is 0.405 e. The lowest BCUT2D eigenvalue weighted by Crippen LogP contribution is -2.33. The van der Waals surface area contributed by atoms with Gasteiger partial charge in [0.05, 0.1) is 11.3 Å². The van der Waals surface area contributed by atoms with E-state index < -0.39 is 18.6 Å². The number of aromatic nitrogens is 3. The summed E-state index contributed by atoms with van der Waals surface area (Å²) in [5, 5.41) is 6.23. The van der Waals surface area contributed by atoms with E-state index in [0.717, 1.165) is 0 Å². The zero-order valence-electron chi connectivity index (χ0n) is 12.9. The number of amides is 1. The van der Waals surface area contributed by atoms with E-state index in [1.54, 1.807) is 42.6 Å². The third kappa shape index (κ3) is 4.03. The Hall–Kier alpha value is -3.16. The molecule has 0 saturated heterocycles. The summed E-state index contributed by atoms with van der Waals surface area (Å²) in [5.74, 6) is -0.849. The Morgan fingerprint density at radius 1 is 1.12 bits per heavy atom. The highest BCUT2D eigenvalue weighted by Gasteiger charge is 2.29. The summed E-state index contributed by atoms with van der Waals surface area (Å²) in [4.78, 5) is 16.2. The number of rotatable bonds is 4. The first-order valence-electron chi connectivity index (χ1n) is 7.34. The monoisotopic (exact) mass is 346 g/mol. The standard InChI is InChI=1S/C17H13F3N4O/c18-17(19,20)11-22-16(25)14-10-24(13-6-2-1-3-7-13)23-15(14)12-5-4-8-21-9-12/h1-10H,11H2,(H,22,25). The van der Waals surface area contributed by atoms with Crippen LogP contribution in [0.15, 0.2) is 61.1 Å². The SMILES string of the molecule is O=C(NCC(F)(F)F)c1cn(-c2ccccc2)nc1-c1cccnc1. The van der Waals surface area contributed by atoms with E-state index in [4.69, 9.17) is 0 Å². The van der Waals surface area contributed by atoms with Crippen LogP contribution in [0.4, 0.5) is 13.2 Å². The number of alkyl halides is 3. The van der Waals surface area contributed by atoms with Gasteiger partial charge >= 0.3 is 6.18 Å². The van der Waals surface area contributed by atoms with Crippen LogP contribution in [0.25, 0.3) is 16.9 Å². The molecule has 0 aliphatic carbocycles. The van der Waals surface area contributed by atoms with Crippen LogP contribution in [0.3, 0.4) is 0 Å². The average Bonchev–Trinajstić information content (AvgIpc) is 3.06. The molecule has 0 atom stereocenters. The molecule has 8 heteroatoms. The Morgan fingerprint density at radius 3 is 2.52 bits per heavy atom. The molecule has 0 aliphatic rings. The van der Waals surface area contributed by atoms with Gasteiger partial charge in [-0.05, 0) is 24.3 Å². The van der Waals surface area contributed by atoms with Crippen LogP contribution in [0.1, 0.15) is 10.4 Å². The second-order valence-corrected chi connectivity index (χ2v) is 5.21. The fourth-order valence-electron chi connectivity index (χ4n) is 2.24. The Morgan fingerprint density at radius 2 is 1.88 bits per heavy atom. The Bertz CT molecular complexity index is 861. The number of nitrogens with zero attached hydrogens (tertiary/aromatic N) is 3. The van der Waals surface area contributed by atoms with Crippen molar-refractivity contribution in [3.63, 3.8) is 0 Å². The van der Waals surface area contributed by atoms with Gasteiger partial charge in [-0.1, -0.05) is 18.2 Å². The fourth-order valence-corrected chi connectivity index (χ4v) is 2.24. The van der Waals surface area contributed by atoms with E-state index in [0.29, 0.717) is 11.3 Å². The molecule has 5 nitrogen and oxygen atoms in total. The molecule has 25 heavy (non-hydrogen) atoms. The molecule has 1 aromatic carbocycles. The van der Waals surface area contributed by atoms with Gasteiger partial charge in [0.2, 0.25) is 0 Å². The molecule has 3 rings (SSSR count). The summed E-state index contributed by atoms with van der Waals surface area (Å²) >= 11 is 0. The van der Waals surface area contributed by atoms with Gasteiger partial charge in [0.1, 0.15) is 12.2 Å². The van der Waals surface area contributed by atoms with Crippen LogP contribution < -0.4 is 5.32 Å². The maximum atomic E-state index is 12.4. The maximum Gasteiger partial charge on any atom is 0.405 e. The van der Waals surface area contributed by atoms with E-state index in [2.05, 4.69) is 10.1 Å². The summed E-state index contributed by atoms with van der Waals surface area (Å²) in [6, 6.07) is 12.3. The molecule has 0 radical (unpaired) electrons. The van der Waals surface area contributed by atoms with Crippen molar-refractivity contribution >= 4 is 5.91 Å². The maximum absolute atomic E-state index is 12.4. The van der Waals surface area contributed by atoms with E-state index in [1.165, 1.54) is 17.1 Å². The first-order chi connectivity index (χ1) is 11.9. The molecule has 3 aromatic rings. The van der Waals surface area contributed by atoms with Crippen LogP contribution in [0, 0.1) is 0 Å². The molecule has 1 N–H and O–H groups in total. The lowest BCUT2D eigenvalue weighted by atomic mass is 10.1. The van der Waals surface area contributed by atoms with Crippen molar-refractivity contribution in [3.8, 4) is 16.9 Å². The quantitative estimate of drug-likeness (QED) is 0.789. The molecular weight excluding hydrogens is 333 g/mol. The second kappa shape index (κ2) is 6.76. The summed E-state index contributed by atoms with van der Waals surface area (Å²) in [5.41, 5.74) is 1.52. The van der Waals surface area contributed by atoms with Crippen LogP contribution in [-0.4, -0.2) is 33.4 Å². The predicted octanol–water partition coefficient (Wildman–Crippen LogP) is 3.23. The first-order valence-corrected chi connectivity index (χ1v) is 7.34. The highest BCUT2D eigenvalue weighted by molar-refractivity contribution is 5.99. The topological polar surface area (TPSA) is 59.8 Å². The van der Waals surface area contributed by atoms with Crippen molar-refractivity contribution in [1.29, 1.82) is 0 Å². The Balaban J connectivity index is 2.00. The molecule has 0 bridgehead atoms. The van der Waals surface area contributed by atoms with Crippen LogP contribution >= 0.6 is 0 Å². The summed E-state index contributed by atoms with van der Waals surface area (Å²) in [6.45, 7) is -1.41. The average molecular weight is 346 g/mol. The minimum atomic E-state index is -4.49. The number of hydrogen-bond acceptors (Lipinski definition) is 3. The summed E-state index contributed by atoms with van der Waals surface area (Å²) in [6.07, 6.45) is -0.0256. The molecule has 0 spiro atoms. The third-order valence-electron chi connectivity index (χ3n) is 3.36. The van der Waals surface area contributed by atoms with Crippen LogP contribution in [-0.2, 0) is 0 Å². The van der Waals surface area contributed by atoms with E-state index in [1.807, 2.05) is 11.4 Å². The van der Waals surface area contributed by atoms with Crippen LogP contribution in [0.2, 0.25) is 0 Å². The number of carbonyl (C=O) groups is 1. The lowest BCUT2D eigenvalue weighted by molar-refractivity contribution is -0.123. The number of pyridine rings is 1. The van der Waals surface area contributed by atoms with Crippen molar-refractivity contribution in [2.24, 2.45) is 0 Å². The molecule has 2 aromatic heterocycles. The van der Waals surface area contributed by atoms with Gasteiger partial charge < -0.3 is 5.32 Å². The summed E-state index contributed by atoms with van der Waals surface area (Å²) in [7, 11) is 0. The van der Waals surface area contributed by atoms with Gasteiger partial charge in [-0.25, -0.2) is 4.68 Å². The normalized spacial score (nSPS) is 11.3. The van der Waals surface area contributed by atoms with Crippen molar-refractivity contribution in [2.45, 2.75) is 6.18 Å². The molecule has 0 unspecified atom stereocenters. The molecule has 0 saturated carbocycles. The fraction of sp³-hybridized carbons (Fsp3) is 0.118. The Labute approximate surface area is 141 Å². The zero-order chi connectivity index (χ0) is 17.9. The first kappa shape index (κ1) is 16.7. The van der Waals surface area contributed by atoms with Crippen molar-refractivity contribution in [2.75, 3.05) is 6.54 Å². The van der Waals surface area contributed by atoms with Crippen molar-refractivity contribution in [1.82, 2.24) is 20.1 Å². The number of carbonyl (C=O) groups excluding carboxylic acids is 1. The third-order valence-corrected chi connectivity index (χ3v) is 3.36. The highest BCUT2D eigenvalue weighted by atomic mass is 19.4. The van der Waals surface area contributed by atoms with Gasteiger partial charge in [-0.2, -0.15) is 18.3 Å². The molecule has 128 valence electrons. The lowest BCUT2D eigenvalue weighted by Gasteiger charge is -2.08. The van der Waals surface area contributed by atoms with Crippen LogP contribution in [0.5, 0.6) is 0 Å². The van der Waals surface area contributed by atoms with Gasteiger partial charge in [0, 0.05) is 24.2 Å². The molecule has 0 aliphatic heterocycles. The number of halogens is 3. The number of nitrogens with one attached hydrogen (secondary N) is 1. The van der Waals surface area contributed by atoms with Gasteiger partial charge in [0.15, 0.2) is 0 Å². The van der Waals surface area contributed by atoms with Crippen molar-refractivity contribution in [3.05, 3.63) is 66.6 Å². The number of para-hydroxylation sites is 1. The minimum Gasteiger partial charge on any atom is -0.343 e. The van der Waals surface area contributed by atoms with E-state index >= 15 is 0 Å². The zero-order valence-corrected chi connectivity index (χ0v) is 12.9. The molecule has 2 heterocycles.